The first-order chi connectivity index (χ1) is 10.7. The maximum atomic E-state index is 11.7. The van der Waals surface area contributed by atoms with Crippen molar-refractivity contribution in [1.29, 1.82) is 0 Å². The molecular weight excluding hydrogens is 280 g/mol. The molecule has 0 fully saturated rings. The van der Waals surface area contributed by atoms with Gasteiger partial charge in [0, 0.05) is 12.2 Å². The second kappa shape index (κ2) is 10.7. The van der Waals surface area contributed by atoms with Crippen molar-refractivity contribution in [2.24, 2.45) is 0 Å². The minimum absolute atomic E-state index is 0.538. The highest BCUT2D eigenvalue weighted by molar-refractivity contribution is 6.39. The predicted octanol–water partition coefficient (Wildman–Crippen LogP) is 3.11. The molecule has 2 amide bonds. The molecule has 1 rings (SSSR count). The fraction of sp³-hybridized carbons (Fsp3) is 0.529. The predicted molar refractivity (Wildman–Crippen MR) is 88.0 cm³/mol. The minimum atomic E-state index is -0.641. The molecule has 0 atom stereocenters. The molecule has 0 aromatic heterocycles. The molecule has 0 aliphatic heterocycles. The van der Waals surface area contributed by atoms with Gasteiger partial charge in [0.2, 0.25) is 0 Å². The van der Waals surface area contributed by atoms with Crippen molar-refractivity contribution < 1.29 is 14.3 Å². The molecule has 0 saturated carbocycles. The number of benzene rings is 1. The third-order valence-corrected chi connectivity index (χ3v) is 3.11. The van der Waals surface area contributed by atoms with Crippen LogP contribution in [0.3, 0.4) is 0 Å². The lowest BCUT2D eigenvalue weighted by Crippen LogP contribution is -2.35. The number of carbonyl (C=O) groups excluding carboxylic acids is 2. The van der Waals surface area contributed by atoms with Crippen LogP contribution in [0.1, 0.15) is 46.0 Å². The van der Waals surface area contributed by atoms with Gasteiger partial charge in [-0.1, -0.05) is 33.1 Å². The fourth-order valence-corrected chi connectivity index (χ4v) is 1.88. The number of amides is 2. The van der Waals surface area contributed by atoms with E-state index in [1.807, 2.05) is 6.92 Å². The standard InChI is InChI=1S/C17H26N2O3/c1-3-5-6-7-12-18-16(20)17(21)19-14-8-10-15(11-9-14)22-13-4-2/h8-11H,3-7,12-13H2,1-2H3,(H,18,20)(H,19,21). The minimum Gasteiger partial charge on any atom is -0.494 e. The first-order valence-electron chi connectivity index (χ1n) is 7.99. The Morgan fingerprint density at radius 1 is 0.955 bits per heavy atom. The van der Waals surface area contributed by atoms with Crippen LogP contribution in [0.15, 0.2) is 24.3 Å². The summed E-state index contributed by atoms with van der Waals surface area (Å²) in [5, 5.41) is 5.20. The number of nitrogens with one attached hydrogen (secondary N) is 2. The molecule has 122 valence electrons. The van der Waals surface area contributed by atoms with Crippen LogP contribution in [0.4, 0.5) is 5.69 Å². The number of rotatable bonds is 9. The smallest absolute Gasteiger partial charge is 0.313 e. The molecule has 0 saturated heterocycles. The van der Waals surface area contributed by atoms with E-state index < -0.39 is 11.8 Å². The van der Waals surface area contributed by atoms with Crippen LogP contribution < -0.4 is 15.4 Å². The third kappa shape index (κ3) is 7.11. The van der Waals surface area contributed by atoms with Gasteiger partial charge < -0.3 is 15.4 Å². The van der Waals surface area contributed by atoms with E-state index in [1.165, 1.54) is 0 Å². The van der Waals surface area contributed by atoms with Crippen molar-refractivity contribution in [2.45, 2.75) is 46.0 Å². The van der Waals surface area contributed by atoms with Crippen LogP contribution in [0.25, 0.3) is 0 Å². The van der Waals surface area contributed by atoms with Crippen molar-refractivity contribution in [1.82, 2.24) is 5.32 Å². The van der Waals surface area contributed by atoms with Gasteiger partial charge in [-0.05, 0) is 37.1 Å². The first-order valence-corrected chi connectivity index (χ1v) is 7.99. The van der Waals surface area contributed by atoms with Crippen LogP contribution in [-0.4, -0.2) is 25.0 Å². The highest BCUT2D eigenvalue weighted by Gasteiger charge is 2.12. The summed E-state index contributed by atoms with van der Waals surface area (Å²) in [7, 11) is 0. The number of hydrogen-bond acceptors (Lipinski definition) is 3. The van der Waals surface area contributed by atoms with Gasteiger partial charge in [-0.3, -0.25) is 9.59 Å². The molecule has 0 spiro atoms. The SMILES string of the molecule is CCCCCCNC(=O)C(=O)Nc1ccc(OCCC)cc1. The van der Waals surface area contributed by atoms with Crippen molar-refractivity contribution in [3.8, 4) is 5.75 Å². The number of hydrogen-bond donors (Lipinski definition) is 2. The molecule has 0 aliphatic rings. The Balaban J connectivity index is 2.32. The summed E-state index contributed by atoms with van der Waals surface area (Å²) in [5.74, 6) is -0.485. The summed E-state index contributed by atoms with van der Waals surface area (Å²) >= 11 is 0. The Morgan fingerprint density at radius 3 is 2.32 bits per heavy atom. The van der Waals surface area contributed by atoms with Crippen molar-refractivity contribution in [3.63, 3.8) is 0 Å². The van der Waals surface area contributed by atoms with E-state index in [0.717, 1.165) is 37.9 Å². The van der Waals surface area contributed by atoms with Crippen LogP contribution in [-0.2, 0) is 9.59 Å². The molecule has 1 aromatic rings. The number of carbonyl (C=O) groups is 2. The molecule has 0 radical (unpaired) electrons. The van der Waals surface area contributed by atoms with E-state index >= 15 is 0 Å². The van der Waals surface area contributed by atoms with E-state index in [0.29, 0.717) is 18.8 Å². The van der Waals surface area contributed by atoms with Crippen LogP contribution in [0, 0.1) is 0 Å². The van der Waals surface area contributed by atoms with Crippen molar-refractivity contribution in [2.75, 3.05) is 18.5 Å². The zero-order chi connectivity index (χ0) is 16.2. The summed E-state index contributed by atoms with van der Waals surface area (Å²) in [4.78, 5) is 23.4. The lowest BCUT2D eigenvalue weighted by Gasteiger charge is -2.08. The first kappa shape index (κ1) is 18.0. The molecule has 0 unspecified atom stereocenters. The summed E-state index contributed by atoms with van der Waals surface area (Å²) in [5.41, 5.74) is 0.579. The maximum absolute atomic E-state index is 11.7. The van der Waals surface area contributed by atoms with Gasteiger partial charge in [0.25, 0.3) is 0 Å². The molecule has 1 aromatic carbocycles. The Bertz CT molecular complexity index is 457. The third-order valence-electron chi connectivity index (χ3n) is 3.11. The van der Waals surface area contributed by atoms with Crippen LogP contribution >= 0.6 is 0 Å². The quantitative estimate of drug-likeness (QED) is 0.544. The zero-order valence-corrected chi connectivity index (χ0v) is 13.5. The maximum Gasteiger partial charge on any atom is 0.313 e. The summed E-state index contributed by atoms with van der Waals surface area (Å²) in [6.07, 6.45) is 5.20. The highest BCUT2D eigenvalue weighted by Crippen LogP contribution is 2.15. The van der Waals surface area contributed by atoms with E-state index in [2.05, 4.69) is 17.6 Å². The molecule has 0 heterocycles. The van der Waals surface area contributed by atoms with Gasteiger partial charge in [0.1, 0.15) is 5.75 Å². The van der Waals surface area contributed by atoms with Crippen molar-refractivity contribution in [3.05, 3.63) is 24.3 Å². The van der Waals surface area contributed by atoms with Crippen LogP contribution in [0.2, 0.25) is 0 Å². The lowest BCUT2D eigenvalue weighted by molar-refractivity contribution is -0.136. The second-order valence-electron chi connectivity index (χ2n) is 5.14. The number of ether oxygens (including phenoxy) is 1. The topological polar surface area (TPSA) is 67.4 Å². The molecule has 0 bridgehead atoms. The van der Waals surface area contributed by atoms with Gasteiger partial charge >= 0.3 is 11.8 Å². The van der Waals surface area contributed by atoms with Crippen molar-refractivity contribution >= 4 is 17.5 Å². The lowest BCUT2D eigenvalue weighted by atomic mass is 10.2. The van der Waals surface area contributed by atoms with Gasteiger partial charge in [-0.25, -0.2) is 0 Å². The monoisotopic (exact) mass is 306 g/mol. The summed E-state index contributed by atoms with van der Waals surface area (Å²) < 4.78 is 5.46. The molecule has 22 heavy (non-hydrogen) atoms. The summed E-state index contributed by atoms with van der Waals surface area (Å²) in [6, 6.07) is 6.98. The van der Waals surface area contributed by atoms with Gasteiger partial charge in [-0.15, -0.1) is 0 Å². The number of anilines is 1. The Hall–Kier alpha value is -2.04. The van der Waals surface area contributed by atoms with E-state index in [1.54, 1.807) is 24.3 Å². The molecule has 5 nitrogen and oxygen atoms in total. The van der Waals surface area contributed by atoms with E-state index in [4.69, 9.17) is 4.74 Å². The average molecular weight is 306 g/mol. The van der Waals surface area contributed by atoms with Gasteiger partial charge in [0.05, 0.1) is 6.61 Å². The average Bonchev–Trinajstić information content (AvgIpc) is 2.53. The highest BCUT2D eigenvalue weighted by atomic mass is 16.5. The summed E-state index contributed by atoms with van der Waals surface area (Å²) in [6.45, 7) is 5.36. The fourth-order valence-electron chi connectivity index (χ4n) is 1.88. The van der Waals surface area contributed by atoms with Gasteiger partial charge in [-0.2, -0.15) is 0 Å². The van der Waals surface area contributed by atoms with E-state index in [9.17, 15) is 9.59 Å². The normalized spacial score (nSPS) is 10.1. The molecule has 5 heteroatoms. The van der Waals surface area contributed by atoms with Gasteiger partial charge in [0.15, 0.2) is 0 Å². The Morgan fingerprint density at radius 2 is 1.68 bits per heavy atom. The molecule has 2 N–H and O–H groups in total. The van der Waals surface area contributed by atoms with E-state index in [-0.39, 0.29) is 0 Å². The Labute approximate surface area is 132 Å². The van der Waals surface area contributed by atoms with Crippen LogP contribution in [0.5, 0.6) is 5.75 Å². The molecular formula is C17H26N2O3. The Kier molecular flexibility index (Phi) is 8.72. The second-order valence-corrected chi connectivity index (χ2v) is 5.14. The zero-order valence-electron chi connectivity index (χ0n) is 13.5. The largest absolute Gasteiger partial charge is 0.494 e. The number of unbranched alkanes of at least 4 members (excludes halogenated alkanes) is 3. The molecule has 0 aliphatic carbocycles.